The SMILES string of the molecule is CCCCCCCCCCCCCCCC(=O)OC[C@H](COP(=O)(O)CC)OC(=O)CCCCCCCCCCCCCCC. The Morgan fingerprint density at radius 1 is 0.511 bits per heavy atom. The molecule has 0 aromatic heterocycles. The molecule has 0 spiro atoms. The van der Waals surface area contributed by atoms with Crippen molar-refractivity contribution in [2.75, 3.05) is 19.4 Å². The van der Waals surface area contributed by atoms with Crippen LogP contribution in [0.1, 0.15) is 201 Å². The Morgan fingerprint density at radius 3 is 1.20 bits per heavy atom. The van der Waals surface area contributed by atoms with E-state index in [9.17, 15) is 19.0 Å². The first kappa shape index (κ1) is 44.1. The third kappa shape index (κ3) is 32.8. The summed E-state index contributed by atoms with van der Waals surface area (Å²) >= 11 is 0. The molecule has 0 amide bonds. The fraction of sp³-hybridized carbons (Fsp3) is 0.946. The third-order valence-electron chi connectivity index (χ3n) is 8.56. The Morgan fingerprint density at radius 2 is 0.844 bits per heavy atom. The van der Waals surface area contributed by atoms with E-state index in [1.54, 1.807) is 6.92 Å². The van der Waals surface area contributed by atoms with Gasteiger partial charge in [-0.2, -0.15) is 0 Å². The van der Waals surface area contributed by atoms with Gasteiger partial charge in [0.25, 0.3) is 0 Å². The summed E-state index contributed by atoms with van der Waals surface area (Å²) in [6, 6.07) is 0. The van der Waals surface area contributed by atoms with Crippen LogP contribution in [0.3, 0.4) is 0 Å². The smallest absolute Gasteiger partial charge is 0.327 e. The highest BCUT2D eigenvalue weighted by molar-refractivity contribution is 7.52. The van der Waals surface area contributed by atoms with E-state index in [-0.39, 0.29) is 37.7 Å². The number of esters is 2. The van der Waals surface area contributed by atoms with Crippen LogP contribution in [0.15, 0.2) is 0 Å². The molecule has 0 saturated carbocycles. The predicted molar refractivity (Wildman–Crippen MR) is 188 cm³/mol. The highest BCUT2D eigenvalue weighted by Gasteiger charge is 2.23. The van der Waals surface area contributed by atoms with Crippen LogP contribution in [0, 0.1) is 0 Å². The van der Waals surface area contributed by atoms with Crippen molar-refractivity contribution < 1.29 is 33.0 Å². The van der Waals surface area contributed by atoms with Crippen molar-refractivity contribution >= 4 is 19.5 Å². The number of hydrogen-bond donors (Lipinski definition) is 1. The molecule has 268 valence electrons. The van der Waals surface area contributed by atoms with Gasteiger partial charge in [-0.15, -0.1) is 0 Å². The van der Waals surface area contributed by atoms with E-state index < -0.39 is 13.7 Å². The van der Waals surface area contributed by atoms with Crippen molar-refractivity contribution in [3.8, 4) is 0 Å². The van der Waals surface area contributed by atoms with Gasteiger partial charge in [0, 0.05) is 19.0 Å². The van der Waals surface area contributed by atoms with Crippen LogP contribution in [0.25, 0.3) is 0 Å². The molecule has 0 fully saturated rings. The average molecular weight is 661 g/mol. The number of ether oxygens (including phenoxy) is 2. The molecule has 0 radical (unpaired) electrons. The fourth-order valence-corrected chi connectivity index (χ4v) is 6.07. The maximum atomic E-state index is 12.5. The summed E-state index contributed by atoms with van der Waals surface area (Å²) in [7, 11) is -3.74. The second kappa shape index (κ2) is 33.0. The Balaban J connectivity index is 4.03. The standard InChI is InChI=1S/C37H73O7P/c1-4-7-9-11-13-15-17-19-21-23-25-27-29-31-36(38)42-33-35(34-43-45(40,41)6-3)44-37(39)32-30-28-26-24-22-20-18-16-14-12-10-8-5-2/h35H,4-34H2,1-3H3,(H,40,41)/t35-/m1/s1. The van der Waals surface area contributed by atoms with Gasteiger partial charge in [0.2, 0.25) is 0 Å². The zero-order chi connectivity index (χ0) is 33.3. The number of rotatable bonds is 35. The largest absolute Gasteiger partial charge is 0.462 e. The quantitative estimate of drug-likeness (QED) is 0.0410. The van der Waals surface area contributed by atoms with Crippen LogP contribution in [0.2, 0.25) is 0 Å². The van der Waals surface area contributed by atoms with Gasteiger partial charge >= 0.3 is 19.5 Å². The minimum Gasteiger partial charge on any atom is -0.462 e. The van der Waals surface area contributed by atoms with Crippen molar-refractivity contribution in [2.24, 2.45) is 0 Å². The first-order chi connectivity index (χ1) is 21.8. The van der Waals surface area contributed by atoms with Gasteiger partial charge in [-0.3, -0.25) is 14.2 Å². The Bertz CT molecular complexity index is 715. The predicted octanol–water partition coefficient (Wildman–Crippen LogP) is 11.6. The molecule has 0 rings (SSSR count). The van der Waals surface area contributed by atoms with E-state index in [0.717, 1.165) is 38.5 Å². The lowest BCUT2D eigenvalue weighted by atomic mass is 10.0. The third-order valence-corrected chi connectivity index (χ3v) is 9.91. The van der Waals surface area contributed by atoms with E-state index >= 15 is 0 Å². The summed E-state index contributed by atoms with van der Waals surface area (Å²) in [6.45, 7) is 5.64. The van der Waals surface area contributed by atoms with Crippen LogP contribution in [-0.4, -0.2) is 42.3 Å². The van der Waals surface area contributed by atoms with Crippen molar-refractivity contribution in [3.05, 3.63) is 0 Å². The van der Waals surface area contributed by atoms with E-state index in [1.165, 1.54) is 128 Å². The van der Waals surface area contributed by atoms with E-state index in [0.29, 0.717) is 6.42 Å². The van der Waals surface area contributed by atoms with Crippen LogP contribution in [0.5, 0.6) is 0 Å². The molecule has 1 N–H and O–H groups in total. The fourth-order valence-electron chi connectivity index (χ4n) is 5.48. The zero-order valence-corrected chi connectivity index (χ0v) is 30.7. The Hall–Kier alpha value is -0.910. The first-order valence-corrected chi connectivity index (χ1v) is 20.9. The van der Waals surface area contributed by atoms with Gasteiger partial charge in [-0.25, -0.2) is 0 Å². The average Bonchev–Trinajstić information content (AvgIpc) is 3.03. The number of carbonyl (C=O) groups excluding carboxylic acids is 2. The van der Waals surface area contributed by atoms with Crippen LogP contribution in [-0.2, 0) is 28.2 Å². The zero-order valence-electron chi connectivity index (χ0n) is 29.8. The van der Waals surface area contributed by atoms with Gasteiger partial charge in [-0.05, 0) is 12.8 Å². The second-order valence-corrected chi connectivity index (χ2v) is 15.2. The number of carbonyl (C=O) groups is 2. The molecule has 1 unspecified atom stereocenters. The van der Waals surface area contributed by atoms with E-state index in [4.69, 9.17) is 14.0 Å². The van der Waals surface area contributed by atoms with E-state index in [2.05, 4.69) is 13.8 Å². The number of hydrogen-bond acceptors (Lipinski definition) is 6. The van der Waals surface area contributed by atoms with Gasteiger partial charge in [0.05, 0.1) is 6.61 Å². The highest BCUT2D eigenvalue weighted by Crippen LogP contribution is 2.41. The van der Waals surface area contributed by atoms with Gasteiger partial charge < -0.3 is 18.9 Å². The summed E-state index contributed by atoms with van der Waals surface area (Å²) < 4.78 is 27.9. The monoisotopic (exact) mass is 661 g/mol. The Labute approximate surface area is 278 Å². The highest BCUT2D eigenvalue weighted by atomic mass is 31.2. The molecular formula is C37H73O7P. The summed E-state index contributed by atoms with van der Waals surface area (Å²) in [5.41, 5.74) is 0. The van der Waals surface area contributed by atoms with Crippen molar-refractivity contribution in [1.29, 1.82) is 0 Å². The van der Waals surface area contributed by atoms with E-state index in [1.807, 2.05) is 0 Å². The molecule has 0 saturated heterocycles. The lowest BCUT2D eigenvalue weighted by Gasteiger charge is -2.19. The topological polar surface area (TPSA) is 99.1 Å². The van der Waals surface area contributed by atoms with Gasteiger partial charge in [-0.1, -0.05) is 175 Å². The Kier molecular flexibility index (Phi) is 32.3. The first-order valence-electron chi connectivity index (χ1n) is 19.2. The lowest BCUT2D eigenvalue weighted by Crippen LogP contribution is -2.29. The molecule has 0 bridgehead atoms. The molecule has 0 aliphatic heterocycles. The van der Waals surface area contributed by atoms with Crippen LogP contribution in [0.4, 0.5) is 0 Å². The van der Waals surface area contributed by atoms with Gasteiger partial charge in [0.15, 0.2) is 6.10 Å². The summed E-state index contributed by atoms with van der Waals surface area (Å²) in [5, 5.41) is 0. The normalized spacial score (nSPS) is 13.4. The van der Waals surface area contributed by atoms with Crippen molar-refractivity contribution in [2.45, 2.75) is 207 Å². The molecule has 7 nitrogen and oxygen atoms in total. The van der Waals surface area contributed by atoms with Crippen LogP contribution < -0.4 is 0 Å². The molecule has 0 aliphatic rings. The van der Waals surface area contributed by atoms with Crippen molar-refractivity contribution in [1.82, 2.24) is 0 Å². The maximum absolute atomic E-state index is 12.5. The summed E-state index contributed by atoms with van der Waals surface area (Å²) in [5.74, 6) is -0.721. The van der Waals surface area contributed by atoms with Gasteiger partial charge in [0.1, 0.15) is 6.61 Å². The van der Waals surface area contributed by atoms with Crippen LogP contribution >= 0.6 is 7.60 Å². The molecule has 2 atom stereocenters. The molecule has 0 aromatic carbocycles. The molecule has 0 heterocycles. The molecule has 8 heteroatoms. The lowest BCUT2D eigenvalue weighted by molar-refractivity contribution is -0.161. The molecule has 45 heavy (non-hydrogen) atoms. The minimum absolute atomic E-state index is 0.0362. The minimum atomic E-state index is -3.74. The molecule has 0 aliphatic carbocycles. The number of unbranched alkanes of at least 4 members (excludes halogenated alkanes) is 24. The summed E-state index contributed by atoms with van der Waals surface area (Å²) in [6.07, 6.45) is 31.8. The molecule has 0 aromatic rings. The maximum Gasteiger partial charge on any atom is 0.327 e. The second-order valence-electron chi connectivity index (χ2n) is 13.0. The summed E-state index contributed by atoms with van der Waals surface area (Å²) in [4.78, 5) is 34.5. The molecular weight excluding hydrogens is 587 g/mol. The van der Waals surface area contributed by atoms with Crippen molar-refractivity contribution in [3.63, 3.8) is 0 Å².